The van der Waals surface area contributed by atoms with Gasteiger partial charge in [-0.2, -0.15) is 9.97 Å². The topological polar surface area (TPSA) is 176 Å². The van der Waals surface area contributed by atoms with Crippen LogP contribution in [0.1, 0.15) is 63.0 Å². The lowest BCUT2D eigenvalue weighted by Crippen LogP contribution is -2.56. The number of terminal acetylenes is 1. The smallest absolute Gasteiger partial charge is 0.409 e. The van der Waals surface area contributed by atoms with E-state index in [0.29, 0.717) is 78.2 Å². The number of anilines is 2. The quantitative estimate of drug-likeness (QED) is 0.132. The average Bonchev–Trinajstić information content (AvgIpc) is 4.16. The van der Waals surface area contributed by atoms with Gasteiger partial charge >= 0.3 is 17.8 Å². The molecule has 18 nitrogen and oxygen atoms in total. The van der Waals surface area contributed by atoms with Gasteiger partial charge in [-0.15, -0.1) is 6.42 Å². The lowest BCUT2D eigenvalue weighted by atomic mass is 9.95. The minimum atomic E-state index is -0.723. The molecule has 2 N–H and O–H groups in total. The number of pyridine rings is 1. The highest BCUT2D eigenvalue weighted by atomic mass is 19.1. The number of fused-ring (bicyclic) bond motifs is 6. The number of carbonyl (C=O) groups is 3. The van der Waals surface area contributed by atoms with Gasteiger partial charge in [-0.25, -0.2) is 18.4 Å². The van der Waals surface area contributed by atoms with E-state index in [4.69, 9.17) is 25.9 Å². The largest absolute Gasteiger partial charge is 0.461 e. The molecule has 7 aliphatic rings. The van der Waals surface area contributed by atoms with E-state index in [1.807, 2.05) is 24.3 Å². The number of benzene rings is 3. The van der Waals surface area contributed by atoms with Crippen molar-refractivity contribution in [3.8, 4) is 29.6 Å². The monoisotopic (exact) mass is 1030 g/mol. The number of ether oxygens (including phenoxy) is 2. The number of piperazine rings is 2. The summed E-state index contributed by atoms with van der Waals surface area (Å²) in [5.74, 6) is 1.40. The number of rotatable bonds is 11. The van der Waals surface area contributed by atoms with Crippen molar-refractivity contribution in [1.29, 1.82) is 0 Å². The van der Waals surface area contributed by atoms with Gasteiger partial charge in [0.15, 0.2) is 5.82 Å². The molecule has 0 saturated carbocycles. The highest BCUT2D eigenvalue weighted by Crippen LogP contribution is 2.44. The molecule has 3 amide bonds. The molecule has 20 heteroatoms. The van der Waals surface area contributed by atoms with Crippen LogP contribution >= 0.6 is 0 Å². The van der Waals surface area contributed by atoms with Crippen molar-refractivity contribution in [2.75, 3.05) is 88.5 Å². The summed E-state index contributed by atoms with van der Waals surface area (Å²) in [6.45, 7) is 8.36. The van der Waals surface area contributed by atoms with Crippen LogP contribution in [0.2, 0.25) is 0 Å². The molecule has 2 bridgehead atoms. The SMILES string of the molecule is C#Cc1c(F)ccc2cccc(-c3ncc4c(N5CC6CCC(C5)N6)nc(OC[C@@]56CCCN5C(COC(=O)N5CC(CN7CCN(c8ccc9c(c8)n(C)c(=O)n9C8CCC(=O)NC8=O)CC7)C5)CC6)nc4c3F)c12. The Bertz CT molecular complexity index is 3440. The molecular formula is C56H60F2N12O6. The number of aryl methyl sites for hydroxylation is 1. The van der Waals surface area contributed by atoms with Crippen LogP contribution < -0.4 is 30.9 Å². The maximum Gasteiger partial charge on any atom is 0.409 e. The number of hydrogen-bond donors (Lipinski definition) is 2. The van der Waals surface area contributed by atoms with Crippen LogP contribution in [0.25, 0.3) is 44.0 Å². The molecule has 13 rings (SSSR count). The number of halogens is 2. The third-order valence-corrected chi connectivity index (χ3v) is 17.5. The number of likely N-dealkylation sites (tertiary alicyclic amines) is 1. The van der Waals surface area contributed by atoms with E-state index in [1.54, 1.807) is 40.9 Å². The number of hydrogen-bond acceptors (Lipinski definition) is 14. The molecule has 0 aliphatic carbocycles. The zero-order valence-electron chi connectivity index (χ0n) is 42.5. The lowest BCUT2D eigenvalue weighted by molar-refractivity contribution is -0.135. The fourth-order valence-corrected chi connectivity index (χ4v) is 13.6. The van der Waals surface area contributed by atoms with Crippen molar-refractivity contribution in [2.45, 2.75) is 81.1 Å². The molecule has 7 fully saturated rings. The van der Waals surface area contributed by atoms with Gasteiger partial charge < -0.3 is 29.5 Å². The summed E-state index contributed by atoms with van der Waals surface area (Å²) in [4.78, 5) is 76.7. The predicted molar refractivity (Wildman–Crippen MR) is 281 cm³/mol. The van der Waals surface area contributed by atoms with Gasteiger partial charge in [0.2, 0.25) is 11.8 Å². The molecule has 0 radical (unpaired) electrons. The van der Waals surface area contributed by atoms with Crippen molar-refractivity contribution in [3.63, 3.8) is 0 Å². The summed E-state index contributed by atoms with van der Waals surface area (Å²) in [5.41, 5.74) is 2.33. The summed E-state index contributed by atoms with van der Waals surface area (Å²) in [6, 6.07) is 14.1. The highest BCUT2D eigenvalue weighted by Gasteiger charge is 2.50. The number of nitrogens with zero attached hydrogens (tertiary/aromatic N) is 10. The molecule has 5 atom stereocenters. The number of nitrogens with one attached hydrogen (secondary N) is 2. The Kier molecular flexibility index (Phi) is 12.2. The van der Waals surface area contributed by atoms with E-state index in [2.05, 4.69) is 41.1 Å². The van der Waals surface area contributed by atoms with E-state index in [0.717, 1.165) is 89.0 Å². The summed E-state index contributed by atoms with van der Waals surface area (Å²) in [6.07, 6.45) is 13.3. The van der Waals surface area contributed by atoms with Gasteiger partial charge in [-0.1, -0.05) is 30.2 Å². The molecule has 7 aliphatic heterocycles. The molecule has 7 saturated heterocycles. The van der Waals surface area contributed by atoms with Crippen LogP contribution in [-0.4, -0.2) is 159 Å². The first-order valence-corrected chi connectivity index (χ1v) is 26.8. The Balaban J connectivity index is 0.632. The minimum Gasteiger partial charge on any atom is -0.461 e. The second-order valence-corrected chi connectivity index (χ2v) is 22.0. The Morgan fingerprint density at radius 3 is 2.51 bits per heavy atom. The molecule has 4 unspecified atom stereocenters. The number of imidazole rings is 1. The molecule has 394 valence electrons. The Labute approximate surface area is 437 Å². The normalized spacial score (nSPS) is 25.1. The fourth-order valence-electron chi connectivity index (χ4n) is 13.6. The van der Waals surface area contributed by atoms with E-state index >= 15 is 8.78 Å². The van der Waals surface area contributed by atoms with Crippen LogP contribution in [0.15, 0.2) is 59.5 Å². The molecular weight excluding hydrogens is 975 g/mol. The fraction of sp³-hybridized carbons (Fsp3) is 0.482. The predicted octanol–water partition coefficient (Wildman–Crippen LogP) is 4.94. The lowest BCUT2D eigenvalue weighted by Gasteiger charge is -2.43. The summed E-state index contributed by atoms with van der Waals surface area (Å²) < 4.78 is 47.9. The van der Waals surface area contributed by atoms with Gasteiger partial charge in [-0.3, -0.25) is 38.8 Å². The summed E-state index contributed by atoms with van der Waals surface area (Å²) in [7, 11) is 1.71. The zero-order valence-corrected chi connectivity index (χ0v) is 42.5. The highest BCUT2D eigenvalue weighted by molar-refractivity contribution is 6.02. The first kappa shape index (κ1) is 48.4. The molecule has 10 heterocycles. The number of carbonyl (C=O) groups excluding carboxylic acids is 3. The van der Waals surface area contributed by atoms with Crippen LogP contribution in [0.3, 0.4) is 0 Å². The third-order valence-electron chi connectivity index (χ3n) is 17.5. The van der Waals surface area contributed by atoms with E-state index in [9.17, 15) is 19.2 Å². The third kappa shape index (κ3) is 8.38. The number of amides is 3. The molecule has 3 aromatic carbocycles. The van der Waals surface area contributed by atoms with Crippen molar-refractivity contribution in [3.05, 3.63) is 82.4 Å². The van der Waals surface area contributed by atoms with Gasteiger partial charge in [0.25, 0.3) is 0 Å². The molecule has 76 heavy (non-hydrogen) atoms. The minimum absolute atomic E-state index is 0.0138. The van der Waals surface area contributed by atoms with Crippen molar-refractivity contribution >= 4 is 62.1 Å². The average molecular weight is 1040 g/mol. The van der Waals surface area contributed by atoms with Crippen molar-refractivity contribution < 1.29 is 32.6 Å². The second kappa shape index (κ2) is 19.1. The number of aromatic nitrogens is 5. The molecule has 0 spiro atoms. The van der Waals surface area contributed by atoms with Crippen LogP contribution in [0, 0.1) is 29.9 Å². The van der Waals surface area contributed by atoms with Gasteiger partial charge in [0.1, 0.15) is 42.1 Å². The number of imide groups is 1. The first-order chi connectivity index (χ1) is 36.9. The zero-order chi connectivity index (χ0) is 52.0. The van der Waals surface area contributed by atoms with E-state index in [1.165, 1.54) is 10.6 Å². The van der Waals surface area contributed by atoms with Crippen molar-refractivity contribution in [2.24, 2.45) is 13.0 Å². The van der Waals surface area contributed by atoms with E-state index < -0.39 is 23.6 Å². The molecule has 6 aromatic rings. The second-order valence-electron chi connectivity index (χ2n) is 22.0. The summed E-state index contributed by atoms with van der Waals surface area (Å²) in [5, 5.41) is 7.59. The van der Waals surface area contributed by atoms with Crippen LogP contribution in [-0.2, 0) is 21.4 Å². The van der Waals surface area contributed by atoms with Crippen molar-refractivity contribution in [1.82, 2.24) is 49.4 Å². The Morgan fingerprint density at radius 1 is 0.908 bits per heavy atom. The molecule has 3 aromatic heterocycles. The maximum atomic E-state index is 17.2. The van der Waals surface area contributed by atoms with Gasteiger partial charge in [0.05, 0.1) is 27.5 Å². The Morgan fingerprint density at radius 2 is 1.72 bits per heavy atom. The number of piperidine rings is 1. The van der Waals surface area contributed by atoms with Gasteiger partial charge in [0, 0.05) is 119 Å². The first-order valence-electron chi connectivity index (χ1n) is 26.8. The van der Waals surface area contributed by atoms with Crippen LogP contribution in [0.5, 0.6) is 6.01 Å². The summed E-state index contributed by atoms with van der Waals surface area (Å²) >= 11 is 0. The Hall–Kier alpha value is -7.21. The van der Waals surface area contributed by atoms with Gasteiger partial charge in [-0.05, 0) is 81.1 Å². The standard InChI is InChI=1S/C56H60F2N12O6/c1-3-39-42(57)12-8-34-6-4-7-40(47(34)39)49-48(58)50-41(25-59-49)51(67-29-35-9-10-36(30-67)60-35)63-53(62-50)76-32-56-17-5-19-69(56)38(16-18-56)31-75-55(74)68-27-33(28-68)26-65-20-22-66(23-21-65)37-11-13-43-45(24-37)64(2)54(73)70(43)44-14-15-46(71)61-52(44)72/h1,4,6-8,11-13,24-25,33,35-36,38,44,60H,5,9-10,14-23,26-32H2,2H3,(H,61,71,72)/t35?,36?,38?,44?,56-/m0/s1. The van der Waals surface area contributed by atoms with Crippen LogP contribution in [0.4, 0.5) is 25.1 Å². The van der Waals surface area contributed by atoms with E-state index in [-0.39, 0.29) is 77.2 Å². The maximum absolute atomic E-state index is 17.2.